The van der Waals surface area contributed by atoms with Crippen LogP contribution in [0.2, 0.25) is 0 Å². The monoisotopic (exact) mass is 180 g/mol. The molecule has 0 rings (SSSR count). The molecule has 0 heterocycles. The number of rotatable bonds is 4. The van der Waals surface area contributed by atoms with E-state index in [0.29, 0.717) is 6.42 Å². The highest BCUT2D eigenvalue weighted by molar-refractivity contribution is 9.09. The lowest BCUT2D eigenvalue weighted by Crippen LogP contribution is -1.99. The first-order valence-corrected chi connectivity index (χ1v) is 3.33. The molecular weight excluding hydrogens is 172 g/mol. The molecule has 48 valence electrons. The molecule has 0 aliphatic carbocycles. The fourth-order valence-corrected chi connectivity index (χ4v) is 0.581. The van der Waals surface area contributed by atoms with Crippen LogP contribution in [0.1, 0.15) is 12.8 Å². The summed E-state index contributed by atoms with van der Waals surface area (Å²) >= 11 is 3.20. The van der Waals surface area contributed by atoms with Crippen molar-refractivity contribution in [2.75, 3.05) is 7.11 Å². The van der Waals surface area contributed by atoms with Gasteiger partial charge in [0.25, 0.3) is 0 Å². The maximum absolute atomic E-state index is 9.75. The highest BCUT2D eigenvalue weighted by atomic mass is 79.9. The van der Waals surface area contributed by atoms with Gasteiger partial charge in [-0.15, -0.1) is 0 Å². The third-order valence-corrected chi connectivity index (χ3v) is 1.60. The maximum Gasteiger partial charge on any atom is 0.120 e. The van der Waals surface area contributed by atoms with E-state index in [0.717, 1.165) is 12.7 Å². The van der Waals surface area contributed by atoms with E-state index in [1.165, 1.54) is 0 Å². The first kappa shape index (κ1) is 8.11. The largest absolute Gasteiger partial charge is 0.370 e. The summed E-state index contributed by atoms with van der Waals surface area (Å²) < 4.78 is 4.81. The fraction of sp³-hybridized carbons (Fsp3) is 0.800. The van der Waals surface area contributed by atoms with E-state index in [2.05, 4.69) is 15.9 Å². The molecule has 1 unspecified atom stereocenters. The van der Waals surface area contributed by atoms with E-state index < -0.39 is 0 Å². The van der Waals surface area contributed by atoms with Gasteiger partial charge in [-0.05, 0) is 6.42 Å². The van der Waals surface area contributed by atoms with Crippen LogP contribution in [0.25, 0.3) is 0 Å². The number of carbonyl (C=O) groups excluding carboxylic acids is 1. The summed E-state index contributed by atoms with van der Waals surface area (Å²) in [5.41, 5.74) is 0. The van der Waals surface area contributed by atoms with Crippen molar-refractivity contribution >= 4 is 22.2 Å². The normalized spacial score (nSPS) is 13.2. The predicted octanol–water partition coefficient (Wildman–Crippen LogP) is 1.33. The van der Waals surface area contributed by atoms with Crippen molar-refractivity contribution in [3.05, 3.63) is 0 Å². The highest BCUT2D eigenvalue weighted by Gasteiger charge is 1.97. The second-order valence-corrected chi connectivity index (χ2v) is 2.41. The van der Waals surface area contributed by atoms with Crippen LogP contribution < -0.4 is 0 Å². The van der Waals surface area contributed by atoms with Gasteiger partial charge in [-0.1, -0.05) is 15.9 Å². The first-order valence-electron chi connectivity index (χ1n) is 2.41. The molecule has 0 aliphatic rings. The zero-order valence-corrected chi connectivity index (χ0v) is 6.35. The lowest BCUT2D eigenvalue weighted by molar-refractivity contribution is -0.108. The number of methoxy groups -OCH3 is 1. The summed E-state index contributed by atoms with van der Waals surface area (Å²) in [4.78, 5) is 9.75. The van der Waals surface area contributed by atoms with Crippen molar-refractivity contribution in [1.29, 1.82) is 0 Å². The van der Waals surface area contributed by atoms with E-state index in [9.17, 15) is 4.79 Å². The van der Waals surface area contributed by atoms with Gasteiger partial charge >= 0.3 is 0 Å². The molecule has 0 radical (unpaired) electrons. The van der Waals surface area contributed by atoms with Gasteiger partial charge in [-0.3, -0.25) is 0 Å². The quantitative estimate of drug-likeness (QED) is 0.483. The number of carbonyl (C=O) groups is 1. The molecule has 0 amide bonds. The molecule has 0 saturated heterocycles. The molecule has 0 N–H and O–H groups in total. The Bertz CT molecular complexity index is 65.4. The molecule has 3 heteroatoms. The molecule has 0 fully saturated rings. The second-order valence-electron chi connectivity index (χ2n) is 1.39. The van der Waals surface area contributed by atoms with Crippen molar-refractivity contribution in [3.8, 4) is 0 Å². The predicted molar refractivity (Wildman–Crippen MR) is 35.0 cm³/mol. The van der Waals surface area contributed by atoms with Crippen LogP contribution in [-0.4, -0.2) is 18.4 Å². The zero-order valence-electron chi connectivity index (χ0n) is 4.76. The van der Waals surface area contributed by atoms with Crippen molar-refractivity contribution in [1.82, 2.24) is 0 Å². The SMILES string of the molecule is COC(Br)CCC=O. The van der Waals surface area contributed by atoms with Crippen LogP contribution in [0, 0.1) is 0 Å². The maximum atomic E-state index is 9.75. The Morgan fingerprint density at radius 3 is 2.88 bits per heavy atom. The zero-order chi connectivity index (χ0) is 6.41. The Morgan fingerprint density at radius 2 is 2.50 bits per heavy atom. The van der Waals surface area contributed by atoms with Crippen molar-refractivity contribution in [2.24, 2.45) is 0 Å². The van der Waals surface area contributed by atoms with Gasteiger partial charge in [0.1, 0.15) is 11.3 Å². The van der Waals surface area contributed by atoms with Crippen LogP contribution in [-0.2, 0) is 9.53 Å². The molecule has 0 saturated carbocycles. The molecule has 0 aromatic heterocycles. The van der Waals surface area contributed by atoms with E-state index >= 15 is 0 Å². The first-order chi connectivity index (χ1) is 3.81. The molecular formula is C5H9BrO2. The fourth-order valence-electron chi connectivity index (χ4n) is 0.317. The van der Waals surface area contributed by atoms with Crippen molar-refractivity contribution < 1.29 is 9.53 Å². The van der Waals surface area contributed by atoms with Crippen LogP contribution in [0.4, 0.5) is 0 Å². The minimum atomic E-state index is 0.0349. The third kappa shape index (κ3) is 4.27. The number of halogens is 1. The number of hydrogen-bond donors (Lipinski definition) is 0. The van der Waals surface area contributed by atoms with Crippen LogP contribution in [0.5, 0.6) is 0 Å². The molecule has 0 bridgehead atoms. The van der Waals surface area contributed by atoms with Gasteiger partial charge in [0.15, 0.2) is 0 Å². The number of hydrogen-bond acceptors (Lipinski definition) is 2. The molecule has 0 spiro atoms. The molecule has 1 atom stereocenters. The summed E-state index contributed by atoms with van der Waals surface area (Å²) in [6, 6.07) is 0. The minimum Gasteiger partial charge on any atom is -0.370 e. The van der Waals surface area contributed by atoms with Crippen molar-refractivity contribution in [2.45, 2.75) is 17.9 Å². The number of aldehydes is 1. The Labute approximate surface area is 57.3 Å². The van der Waals surface area contributed by atoms with Gasteiger partial charge in [-0.2, -0.15) is 0 Å². The number of alkyl halides is 1. The topological polar surface area (TPSA) is 26.3 Å². The van der Waals surface area contributed by atoms with Crippen LogP contribution in [0.15, 0.2) is 0 Å². The molecule has 2 nitrogen and oxygen atoms in total. The lowest BCUT2D eigenvalue weighted by atomic mass is 10.3. The minimum absolute atomic E-state index is 0.0349. The molecule has 8 heavy (non-hydrogen) atoms. The van der Waals surface area contributed by atoms with Crippen LogP contribution >= 0.6 is 15.9 Å². The highest BCUT2D eigenvalue weighted by Crippen LogP contribution is 2.05. The summed E-state index contributed by atoms with van der Waals surface area (Å²) in [6.07, 6.45) is 2.19. The smallest absolute Gasteiger partial charge is 0.120 e. The van der Waals surface area contributed by atoms with E-state index in [1.54, 1.807) is 7.11 Å². The summed E-state index contributed by atoms with van der Waals surface area (Å²) in [5.74, 6) is 0. The Balaban J connectivity index is 2.97. The summed E-state index contributed by atoms with van der Waals surface area (Å²) in [5, 5.41) is 0.0349. The van der Waals surface area contributed by atoms with E-state index in [1.807, 2.05) is 0 Å². The summed E-state index contributed by atoms with van der Waals surface area (Å²) in [6.45, 7) is 0. The van der Waals surface area contributed by atoms with Gasteiger partial charge in [0, 0.05) is 13.5 Å². The van der Waals surface area contributed by atoms with E-state index in [4.69, 9.17) is 4.74 Å². The van der Waals surface area contributed by atoms with Crippen molar-refractivity contribution in [3.63, 3.8) is 0 Å². The van der Waals surface area contributed by atoms with Gasteiger partial charge in [-0.25, -0.2) is 0 Å². The standard InChI is InChI=1S/C5H9BrO2/c1-8-5(6)3-2-4-7/h4-5H,2-3H2,1H3. The molecule has 0 aromatic rings. The number of ether oxygens (including phenoxy) is 1. The summed E-state index contributed by atoms with van der Waals surface area (Å²) in [7, 11) is 1.60. The van der Waals surface area contributed by atoms with Crippen LogP contribution in [0.3, 0.4) is 0 Å². The Morgan fingerprint density at radius 1 is 1.88 bits per heavy atom. The Hall–Kier alpha value is 0.110. The van der Waals surface area contributed by atoms with Gasteiger partial charge in [0.05, 0.1) is 0 Å². The van der Waals surface area contributed by atoms with Gasteiger partial charge < -0.3 is 9.53 Å². The second kappa shape index (κ2) is 5.25. The third-order valence-electron chi connectivity index (χ3n) is 0.767. The molecule has 0 aromatic carbocycles. The average Bonchev–Trinajstić information content (AvgIpc) is 1.83. The Kier molecular flexibility index (Phi) is 5.32. The molecule has 0 aliphatic heterocycles. The van der Waals surface area contributed by atoms with Gasteiger partial charge in [0.2, 0.25) is 0 Å². The average molecular weight is 181 g/mol. The van der Waals surface area contributed by atoms with E-state index in [-0.39, 0.29) is 5.01 Å². The lowest BCUT2D eigenvalue weighted by Gasteiger charge is -2.01.